The number of aryl methyl sites for hydroxylation is 1. The Kier molecular flexibility index (Phi) is 2.96. The molecule has 1 saturated heterocycles. The van der Waals surface area contributed by atoms with E-state index in [9.17, 15) is 4.79 Å². The Labute approximate surface area is 94.6 Å². The standard InChI is InChI=1S/C11H17N3O2/c1-7-3-4-14(6-10(7)12)11(15)9-5-13-16-8(9)2/h5,7,10H,3-4,6,12H2,1-2H3. The largest absolute Gasteiger partial charge is 0.361 e. The van der Waals surface area contributed by atoms with E-state index in [1.807, 2.05) is 0 Å². The van der Waals surface area contributed by atoms with Gasteiger partial charge in [0.15, 0.2) is 0 Å². The molecular formula is C11H17N3O2. The van der Waals surface area contributed by atoms with Crippen LogP contribution in [0.4, 0.5) is 0 Å². The van der Waals surface area contributed by atoms with Crippen molar-refractivity contribution in [1.82, 2.24) is 10.1 Å². The van der Waals surface area contributed by atoms with Crippen LogP contribution in [0.1, 0.15) is 29.5 Å². The van der Waals surface area contributed by atoms with Crippen LogP contribution in [-0.4, -0.2) is 35.1 Å². The quantitative estimate of drug-likeness (QED) is 0.764. The van der Waals surface area contributed by atoms with Gasteiger partial charge in [0.05, 0.1) is 6.20 Å². The Balaban J connectivity index is 2.09. The number of hydrogen-bond acceptors (Lipinski definition) is 4. The number of carbonyl (C=O) groups is 1. The molecule has 5 heteroatoms. The van der Waals surface area contributed by atoms with Gasteiger partial charge in [0.2, 0.25) is 0 Å². The first-order valence-electron chi connectivity index (χ1n) is 5.55. The van der Waals surface area contributed by atoms with Crippen LogP contribution in [0, 0.1) is 12.8 Å². The number of piperidine rings is 1. The molecule has 5 nitrogen and oxygen atoms in total. The molecule has 2 unspecified atom stereocenters. The summed E-state index contributed by atoms with van der Waals surface area (Å²) < 4.78 is 4.90. The molecule has 1 aromatic rings. The van der Waals surface area contributed by atoms with E-state index >= 15 is 0 Å². The summed E-state index contributed by atoms with van der Waals surface area (Å²) in [6.07, 6.45) is 2.43. The molecule has 0 aliphatic carbocycles. The van der Waals surface area contributed by atoms with Crippen LogP contribution in [0.25, 0.3) is 0 Å². The van der Waals surface area contributed by atoms with E-state index in [1.165, 1.54) is 6.20 Å². The summed E-state index contributed by atoms with van der Waals surface area (Å²) in [4.78, 5) is 13.9. The molecule has 16 heavy (non-hydrogen) atoms. The minimum absolute atomic E-state index is 0.0268. The van der Waals surface area contributed by atoms with Crippen molar-refractivity contribution in [3.8, 4) is 0 Å². The minimum Gasteiger partial charge on any atom is -0.361 e. The van der Waals surface area contributed by atoms with Gasteiger partial charge in [0.1, 0.15) is 11.3 Å². The smallest absolute Gasteiger partial charge is 0.259 e. The van der Waals surface area contributed by atoms with Gasteiger partial charge in [-0.1, -0.05) is 12.1 Å². The van der Waals surface area contributed by atoms with Crippen molar-refractivity contribution in [2.24, 2.45) is 11.7 Å². The van der Waals surface area contributed by atoms with Crippen LogP contribution in [0.2, 0.25) is 0 Å². The summed E-state index contributed by atoms with van der Waals surface area (Å²) in [5.74, 6) is 1.02. The number of carbonyl (C=O) groups excluding carboxylic acids is 1. The number of nitrogens with two attached hydrogens (primary N) is 1. The molecular weight excluding hydrogens is 206 g/mol. The normalized spacial score (nSPS) is 25.8. The van der Waals surface area contributed by atoms with E-state index in [1.54, 1.807) is 11.8 Å². The van der Waals surface area contributed by atoms with Gasteiger partial charge in [0, 0.05) is 19.1 Å². The molecule has 1 fully saturated rings. The number of rotatable bonds is 1. The second-order valence-electron chi connectivity index (χ2n) is 4.48. The highest BCUT2D eigenvalue weighted by Gasteiger charge is 2.28. The zero-order valence-electron chi connectivity index (χ0n) is 9.64. The van der Waals surface area contributed by atoms with Gasteiger partial charge in [-0.25, -0.2) is 0 Å². The highest BCUT2D eigenvalue weighted by Crippen LogP contribution is 2.18. The van der Waals surface area contributed by atoms with Crippen LogP contribution in [0.5, 0.6) is 0 Å². The summed E-state index contributed by atoms with van der Waals surface area (Å²) >= 11 is 0. The van der Waals surface area contributed by atoms with Crippen LogP contribution in [0.15, 0.2) is 10.7 Å². The van der Waals surface area contributed by atoms with Crippen molar-refractivity contribution in [3.05, 3.63) is 17.5 Å². The predicted molar refractivity (Wildman–Crippen MR) is 58.9 cm³/mol. The summed E-state index contributed by atoms with van der Waals surface area (Å²) in [5, 5.41) is 3.62. The van der Waals surface area contributed by atoms with Crippen molar-refractivity contribution in [2.75, 3.05) is 13.1 Å². The van der Waals surface area contributed by atoms with E-state index in [2.05, 4.69) is 12.1 Å². The average Bonchev–Trinajstić information content (AvgIpc) is 2.67. The molecule has 0 bridgehead atoms. The van der Waals surface area contributed by atoms with Crippen molar-refractivity contribution < 1.29 is 9.32 Å². The first-order valence-corrected chi connectivity index (χ1v) is 5.55. The molecule has 1 amide bonds. The van der Waals surface area contributed by atoms with Crippen molar-refractivity contribution in [1.29, 1.82) is 0 Å². The van der Waals surface area contributed by atoms with Gasteiger partial charge < -0.3 is 15.2 Å². The highest BCUT2D eigenvalue weighted by molar-refractivity contribution is 5.94. The third kappa shape index (κ3) is 1.95. The second-order valence-corrected chi connectivity index (χ2v) is 4.48. The average molecular weight is 223 g/mol. The maximum atomic E-state index is 12.1. The topological polar surface area (TPSA) is 72.4 Å². The van der Waals surface area contributed by atoms with Crippen molar-refractivity contribution >= 4 is 5.91 Å². The monoisotopic (exact) mass is 223 g/mol. The molecule has 1 aromatic heterocycles. The van der Waals surface area contributed by atoms with Crippen molar-refractivity contribution in [3.63, 3.8) is 0 Å². The van der Waals surface area contributed by atoms with Crippen molar-refractivity contribution in [2.45, 2.75) is 26.3 Å². The van der Waals surface area contributed by atoms with Gasteiger partial charge >= 0.3 is 0 Å². The van der Waals surface area contributed by atoms with E-state index < -0.39 is 0 Å². The second kappa shape index (κ2) is 4.25. The van der Waals surface area contributed by atoms with Gasteiger partial charge in [-0.2, -0.15) is 0 Å². The van der Waals surface area contributed by atoms with Gasteiger partial charge in [-0.3, -0.25) is 4.79 Å². The number of amides is 1. The first kappa shape index (κ1) is 11.1. The lowest BCUT2D eigenvalue weighted by atomic mass is 9.94. The molecule has 1 aliphatic heterocycles. The predicted octanol–water partition coefficient (Wildman–Crippen LogP) is 0.792. The lowest BCUT2D eigenvalue weighted by molar-refractivity contribution is 0.0670. The van der Waals surface area contributed by atoms with E-state index in [4.69, 9.17) is 10.3 Å². The first-order chi connectivity index (χ1) is 7.59. The minimum atomic E-state index is -0.0268. The third-order valence-corrected chi connectivity index (χ3v) is 3.28. The van der Waals surface area contributed by atoms with Crippen LogP contribution < -0.4 is 5.73 Å². The van der Waals surface area contributed by atoms with Crippen LogP contribution in [-0.2, 0) is 0 Å². The molecule has 0 radical (unpaired) electrons. The summed E-state index contributed by atoms with van der Waals surface area (Å²) in [6.45, 7) is 5.24. The molecule has 0 spiro atoms. The molecule has 2 N–H and O–H groups in total. The van der Waals surface area contributed by atoms with Gasteiger partial charge in [-0.05, 0) is 19.3 Å². The fourth-order valence-electron chi connectivity index (χ4n) is 1.96. The summed E-state index contributed by atoms with van der Waals surface area (Å²) in [6, 6.07) is 0.0675. The summed E-state index contributed by atoms with van der Waals surface area (Å²) in [5.41, 5.74) is 6.51. The Morgan fingerprint density at radius 2 is 2.44 bits per heavy atom. The number of likely N-dealkylation sites (tertiary alicyclic amines) is 1. The molecule has 2 rings (SSSR count). The molecule has 2 heterocycles. The molecule has 0 aromatic carbocycles. The Hall–Kier alpha value is -1.36. The Bertz CT molecular complexity index is 388. The molecule has 2 atom stereocenters. The lowest BCUT2D eigenvalue weighted by Gasteiger charge is -2.34. The number of nitrogens with zero attached hydrogens (tertiary/aromatic N) is 2. The zero-order chi connectivity index (χ0) is 11.7. The molecule has 0 saturated carbocycles. The number of hydrogen-bond donors (Lipinski definition) is 1. The maximum absolute atomic E-state index is 12.1. The lowest BCUT2D eigenvalue weighted by Crippen LogP contribution is -2.49. The SMILES string of the molecule is Cc1oncc1C(=O)N1CCC(C)C(N)C1. The van der Waals surface area contributed by atoms with Crippen LogP contribution in [0.3, 0.4) is 0 Å². The fourth-order valence-corrected chi connectivity index (χ4v) is 1.96. The molecule has 1 aliphatic rings. The van der Waals surface area contributed by atoms with E-state index in [-0.39, 0.29) is 11.9 Å². The number of aromatic nitrogens is 1. The summed E-state index contributed by atoms with van der Waals surface area (Å²) in [7, 11) is 0. The maximum Gasteiger partial charge on any atom is 0.259 e. The zero-order valence-corrected chi connectivity index (χ0v) is 9.64. The van der Waals surface area contributed by atoms with Crippen LogP contribution >= 0.6 is 0 Å². The van der Waals surface area contributed by atoms with E-state index in [0.717, 1.165) is 13.0 Å². The van der Waals surface area contributed by atoms with Gasteiger partial charge in [-0.15, -0.1) is 0 Å². The highest BCUT2D eigenvalue weighted by atomic mass is 16.5. The Morgan fingerprint density at radius 3 is 3.00 bits per heavy atom. The van der Waals surface area contributed by atoms with Gasteiger partial charge in [0.25, 0.3) is 5.91 Å². The Morgan fingerprint density at radius 1 is 1.69 bits per heavy atom. The van der Waals surface area contributed by atoms with E-state index in [0.29, 0.717) is 23.8 Å². The fraction of sp³-hybridized carbons (Fsp3) is 0.636. The third-order valence-electron chi connectivity index (χ3n) is 3.28. The molecule has 88 valence electrons.